The number of rotatable bonds is 22. The number of nitrogens with zero attached hydrogens (tertiary/aromatic N) is 3. The number of benzene rings is 2. The van der Waals surface area contributed by atoms with E-state index in [1.165, 1.54) is 37.7 Å². The van der Waals surface area contributed by atoms with Crippen LogP contribution in [0.25, 0.3) is 10.9 Å². The average molecular weight is 1240 g/mol. The minimum atomic E-state index is -2.44. The van der Waals surface area contributed by atoms with Gasteiger partial charge in [-0.25, -0.2) is 0 Å². The maximum atomic E-state index is 15.5. The molecule has 9 rings (SSSR count). The monoisotopic (exact) mass is 1240 g/mol. The van der Waals surface area contributed by atoms with Crippen LogP contribution in [0.15, 0.2) is 72.9 Å². The van der Waals surface area contributed by atoms with E-state index in [4.69, 9.17) is 9.47 Å². The zero-order valence-corrected chi connectivity index (χ0v) is 50.3. The Bertz CT molecular complexity index is 2600. The number of amides is 2. The van der Waals surface area contributed by atoms with Crippen molar-refractivity contribution in [2.45, 2.75) is 177 Å². The summed E-state index contributed by atoms with van der Waals surface area (Å²) in [7, 11) is 2.99. The number of fused-ring (bicyclic) bond motifs is 6. The summed E-state index contributed by atoms with van der Waals surface area (Å²) in [6, 6.07) is 10.3. The Labute approximate surface area is 481 Å². The number of nitrogens with one attached hydrogen (secondary N) is 2. The number of aliphatic hydroxyl groups excluding tert-OH is 1. The summed E-state index contributed by atoms with van der Waals surface area (Å²) < 4.78 is 12.4. The number of carbonyl (C=O) groups is 3. The number of piperidine rings is 1. The molecule has 1 aromatic heterocycles. The first-order chi connectivity index (χ1) is 35.9. The minimum absolute atomic E-state index is 0. The van der Waals surface area contributed by atoms with Crippen LogP contribution in [0, 0.1) is 55.4 Å². The molecule has 10 atom stereocenters. The second-order valence-corrected chi connectivity index (χ2v) is 22.9. The molecule has 2 unspecified atom stereocenters. The number of esters is 1. The predicted octanol–water partition coefficient (Wildman–Crippen LogP) is 8.70. The molecule has 1 saturated carbocycles. The second-order valence-electron chi connectivity index (χ2n) is 22.9. The number of ether oxygens (including phenoxy) is 2. The Balaban J connectivity index is 0.00000747. The van der Waals surface area contributed by atoms with Gasteiger partial charge >= 0.3 is 5.97 Å². The van der Waals surface area contributed by atoms with Gasteiger partial charge < -0.3 is 40.0 Å². The molecule has 6 heterocycles. The van der Waals surface area contributed by atoms with Crippen LogP contribution in [0.5, 0.6) is 5.75 Å². The van der Waals surface area contributed by atoms with Crippen molar-refractivity contribution in [1.29, 1.82) is 0 Å². The molecule has 1 aliphatic carbocycles. The average Bonchev–Trinajstić information content (AvgIpc) is 4.27. The molecule has 2 bridgehead atoms. The molecule has 2 aromatic carbocycles. The molecule has 2 amide bonds. The molecule has 75 heavy (non-hydrogen) atoms. The normalized spacial score (nSPS) is 31.7. The van der Waals surface area contributed by atoms with Crippen molar-refractivity contribution < 1.29 is 83.2 Å². The number of para-hydroxylation sites is 1. The number of anilines is 1. The first-order valence-electron chi connectivity index (χ1n) is 28.4. The molecule has 5 aliphatic heterocycles. The van der Waals surface area contributed by atoms with Gasteiger partial charge in [-0.2, -0.15) is 0 Å². The van der Waals surface area contributed by atoms with E-state index in [-0.39, 0.29) is 56.4 Å². The van der Waals surface area contributed by atoms with Gasteiger partial charge in [-0.05, 0) is 113 Å². The van der Waals surface area contributed by atoms with Gasteiger partial charge in [0.25, 0.3) is 5.91 Å². The van der Waals surface area contributed by atoms with Crippen LogP contribution in [0.4, 0.5) is 5.69 Å². The van der Waals surface area contributed by atoms with Crippen LogP contribution in [0.3, 0.4) is 0 Å². The number of hydrogen-bond donors (Lipinski definition) is 5. The molecular formula is C61H85AcN5O8. The van der Waals surface area contributed by atoms with Crippen molar-refractivity contribution in [2.24, 2.45) is 11.3 Å². The topological polar surface area (TPSA) is 168 Å². The predicted molar refractivity (Wildman–Crippen MR) is 291 cm³/mol. The smallest absolute Gasteiger partial charge is 0.322 e. The summed E-state index contributed by atoms with van der Waals surface area (Å²) in [6.45, 7) is 9.69. The zero-order valence-electron chi connectivity index (χ0n) is 45.6. The third kappa shape index (κ3) is 10.1. The summed E-state index contributed by atoms with van der Waals surface area (Å²) in [5.74, 6) is -0.952. The minimum Gasteiger partial charge on any atom is -0.496 e. The Hall–Kier alpha value is -3.35. The van der Waals surface area contributed by atoms with Gasteiger partial charge in [0.05, 0.1) is 31.5 Å². The standard InChI is InChI=1S/C61H85N5O8.Ac/c1-6-9-10-11-12-13-14-15-16-17-18-19-20-21-22-25-32-62-55(69)61(72)53-59(31-35-65-33-26-30-58(8-3,52(59)65)54(61)68)46-36-47(50(73-4)37-49(46)66(53)42-67)60(56(70)74-5)39-43-38-57(71,7-2)41-64(40-43)34-29-45-44-27-23-24-28-48(44)63-51(45)60;/h12-13,15-16,23-24,26-28,30,36-37,42-43,52-54,63,68,71-72H,6-11,14,17-22,25,29,31-35,38-41H2,1-5H3,(H,62,69);/b13-12-,16-15-;/t43?,52-,53+,54+,57-,58+,59+,60-,61-;/m0./s1. The van der Waals surface area contributed by atoms with E-state index in [0.717, 1.165) is 67.0 Å². The quantitative estimate of drug-likeness (QED) is 0.0284. The number of aromatic amines is 1. The number of aromatic nitrogens is 1. The summed E-state index contributed by atoms with van der Waals surface area (Å²) in [5.41, 5.74) is -2.68. The van der Waals surface area contributed by atoms with Crippen molar-refractivity contribution in [1.82, 2.24) is 20.1 Å². The molecular weight excluding hydrogens is 1160 g/mol. The van der Waals surface area contributed by atoms with Gasteiger partial charge in [-0.3, -0.25) is 24.2 Å². The summed E-state index contributed by atoms with van der Waals surface area (Å²) >= 11 is 0. The van der Waals surface area contributed by atoms with Crippen molar-refractivity contribution >= 4 is 34.9 Å². The van der Waals surface area contributed by atoms with Gasteiger partial charge in [0.15, 0.2) is 5.60 Å². The van der Waals surface area contributed by atoms with E-state index < -0.39 is 57.5 Å². The van der Waals surface area contributed by atoms with Crippen LogP contribution >= 0.6 is 0 Å². The van der Waals surface area contributed by atoms with Crippen LogP contribution in [0.2, 0.25) is 0 Å². The molecule has 13 nitrogen and oxygen atoms in total. The van der Waals surface area contributed by atoms with Crippen LogP contribution < -0.4 is 15.0 Å². The molecule has 1 spiro atoms. The van der Waals surface area contributed by atoms with Crippen LogP contribution in [-0.4, -0.2) is 131 Å². The van der Waals surface area contributed by atoms with Crippen molar-refractivity contribution in [3.63, 3.8) is 0 Å². The fourth-order valence-corrected chi connectivity index (χ4v) is 15.3. The van der Waals surface area contributed by atoms with Crippen molar-refractivity contribution in [2.75, 3.05) is 58.4 Å². The maximum absolute atomic E-state index is 15.5. The molecule has 5 N–H and O–H groups in total. The van der Waals surface area contributed by atoms with Gasteiger partial charge in [-0.1, -0.05) is 114 Å². The Kier molecular flexibility index (Phi) is 18.8. The molecule has 14 heteroatoms. The summed E-state index contributed by atoms with van der Waals surface area (Å²) in [5, 5.41) is 42.7. The Morgan fingerprint density at radius 1 is 0.880 bits per heavy atom. The molecule has 2 saturated heterocycles. The van der Waals surface area contributed by atoms with Crippen LogP contribution in [-0.2, 0) is 36.4 Å². The number of hydrogen-bond acceptors (Lipinski definition) is 10. The summed E-state index contributed by atoms with van der Waals surface area (Å²) in [6.07, 6.45) is 28.3. The van der Waals surface area contributed by atoms with E-state index in [1.54, 1.807) is 7.11 Å². The van der Waals surface area contributed by atoms with Gasteiger partial charge in [0.2, 0.25) is 6.41 Å². The third-order valence-corrected chi connectivity index (χ3v) is 18.8. The number of H-pyrrole nitrogens is 1. The molecule has 405 valence electrons. The molecule has 1 radical (unpaired) electrons. The maximum Gasteiger partial charge on any atom is 0.322 e. The van der Waals surface area contributed by atoms with Gasteiger partial charge in [-0.15, -0.1) is 0 Å². The molecule has 3 aromatic rings. The van der Waals surface area contributed by atoms with Crippen molar-refractivity contribution in [3.8, 4) is 5.75 Å². The number of aliphatic hydroxyl groups is 3. The van der Waals surface area contributed by atoms with Crippen LogP contribution in [0.1, 0.15) is 152 Å². The Morgan fingerprint density at radius 2 is 1.61 bits per heavy atom. The first-order valence-corrected chi connectivity index (χ1v) is 28.4. The number of carbonyl (C=O) groups excluding carboxylic acids is 3. The fourth-order valence-electron chi connectivity index (χ4n) is 15.3. The Morgan fingerprint density at radius 3 is 2.32 bits per heavy atom. The van der Waals surface area contributed by atoms with E-state index in [9.17, 15) is 20.1 Å². The SMILES string of the molecule is CCCCC/C=C\C/C=C\CCCCCCCCNC(=O)[C@@]1(O)[C@H](O)[C@]2(CC)C=CCN3CC[C@@]4(c5cc([C@@]6(C(=O)OC)CC7CN(CCc8c6[nH]c6ccccc86)C[C@](O)(CC)C7)c(OC)cc5N(C=O)[C@@H]14)[C@@H]32.[Ac]. The summed E-state index contributed by atoms with van der Waals surface area (Å²) in [4.78, 5) is 54.5. The number of methoxy groups -OCH3 is 2. The van der Waals surface area contributed by atoms with Crippen molar-refractivity contribution in [3.05, 3.63) is 95.2 Å². The number of allylic oxidation sites excluding steroid dienone is 4. The first kappa shape index (κ1) is 57.8. The zero-order chi connectivity index (χ0) is 52.3. The second kappa shape index (κ2) is 24.3. The molecule has 3 fully saturated rings. The largest absolute Gasteiger partial charge is 0.496 e. The number of unbranched alkanes of at least 4 members (excludes halogenated alkanes) is 9. The van der Waals surface area contributed by atoms with E-state index in [0.29, 0.717) is 107 Å². The van der Waals surface area contributed by atoms with Gasteiger partial charge in [0.1, 0.15) is 17.3 Å². The van der Waals surface area contributed by atoms with E-state index >= 15 is 9.59 Å². The third-order valence-electron chi connectivity index (χ3n) is 18.8. The fraction of sp³-hybridized carbons (Fsp3) is 0.623. The van der Waals surface area contributed by atoms with E-state index in [1.807, 2.05) is 56.3 Å². The van der Waals surface area contributed by atoms with Gasteiger partial charge in [0, 0.05) is 122 Å². The molecule has 6 aliphatic rings. The van der Waals surface area contributed by atoms with E-state index in [2.05, 4.69) is 57.4 Å².